The quantitative estimate of drug-likeness (QED) is 0.413. The predicted octanol–water partition coefficient (Wildman–Crippen LogP) is 3.74. The van der Waals surface area contributed by atoms with Gasteiger partial charge in [-0.1, -0.05) is 32.3 Å². The molecule has 0 aromatic rings. The van der Waals surface area contributed by atoms with Gasteiger partial charge in [0.2, 0.25) is 0 Å². The number of ketones is 1. The Hall–Kier alpha value is -0.590. The average molecular weight is 182 g/mol. The van der Waals surface area contributed by atoms with Gasteiger partial charge in [0.25, 0.3) is 0 Å². The van der Waals surface area contributed by atoms with Crippen molar-refractivity contribution in [1.82, 2.24) is 0 Å². The summed E-state index contributed by atoms with van der Waals surface area (Å²) in [5, 5.41) is 0. The number of Topliss-reactive ketones (excluding diaryl/α,β-unsaturated/α-hetero) is 1. The van der Waals surface area contributed by atoms with Crippen LogP contribution in [-0.4, -0.2) is 5.78 Å². The van der Waals surface area contributed by atoms with Gasteiger partial charge in [0.1, 0.15) is 5.78 Å². The molecule has 0 bridgehead atoms. The first kappa shape index (κ1) is 12.4. The van der Waals surface area contributed by atoms with Crippen molar-refractivity contribution in [3.05, 3.63) is 12.7 Å². The number of hydrogen-bond donors (Lipinski definition) is 0. The molecule has 1 unspecified atom stereocenters. The van der Waals surface area contributed by atoms with Crippen LogP contribution in [0.4, 0.5) is 0 Å². The first-order valence-corrected chi connectivity index (χ1v) is 5.31. The Kier molecular flexibility index (Phi) is 7.66. The summed E-state index contributed by atoms with van der Waals surface area (Å²) in [6, 6.07) is 0. The molecule has 0 saturated carbocycles. The minimum Gasteiger partial charge on any atom is -0.300 e. The number of carbonyl (C=O) groups excluding carboxylic acids is 1. The molecule has 13 heavy (non-hydrogen) atoms. The lowest BCUT2D eigenvalue weighted by Crippen LogP contribution is -2.05. The zero-order valence-corrected chi connectivity index (χ0v) is 9.01. The summed E-state index contributed by atoms with van der Waals surface area (Å²) in [6.45, 7) is 7.60. The lowest BCUT2D eigenvalue weighted by molar-refractivity contribution is -0.117. The summed E-state index contributed by atoms with van der Waals surface area (Å²) in [7, 11) is 0. The third kappa shape index (κ3) is 7.76. The molecule has 0 rings (SSSR count). The fourth-order valence-corrected chi connectivity index (χ4v) is 1.63. The Morgan fingerprint density at radius 3 is 2.62 bits per heavy atom. The van der Waals surface area contributed by atoms with Crippen molar-refractivity contribution in [3.8, 4) is 0 Å². The van der Waals surface area contributed by atoms with Crippen LogP contribution >= 0.6 is 0 Å². The van der Waals surface area contributed by atoms with Crippen LogP contribution in [0.2, 0.25) is 0 Å². The van der Waals surface area contributed by atoms with Gasteiger partial charge in [-0.15, -0.1) is 6.58 Å². The Morgan fingerprint density at radius 2 is 2.15 bits per heavy atom. The molecule has 76 valence electrons. The highest BCUT2D eigenvalue weighted by Gasteiger charge is 2.08. The van der Waals surface area contributed by atoms with Crippen LogP contribution < -0.4 is 0 Å². The molecule has 1 nitrogen and oxygen atoms in total. The van der Waals surface area contributed by atoms with Crippen LogP contribution in [0.1, 0.15) is 52.4 Å². The summed E-state index contributed by atoms with van der Waals surface area (Å²) in [6.07, 6.45) is 8.62. The normalized spacial score (nSPS) is 12.5. The number of hydrogen-bond acceptors (Lipinski definition) is 1. The largest absolute Gasteiger partial charge is 0.300 e. The fourth-order valence-electron chi connectivity index (χ4n) is 1.63. The second kappa shape index (κ2) is 8.03. The van der Waals surface area contributed by atoms with Crippen LogP contribution in [0, 0.1) is 5.92 Å². The van der Waals surface area contributed by atoms with Crippen LogP contribution in [0.15, 0.2) is 12.7 Å². The smallest absolute Gasteiger partial charge is 0.130 e. The number of unbranched alkanes of at least 4 members (excludes halogenated alkanes) is 2. The Balaban J connectivity index is 3.65. The maximum absolute atomic E-state index is 10.9. The maximum Gasteiger partial charge on any atom is 0.130 e. The monoisotopic (exact) mass is 182 g/mol. The van der Waals surface area contributed by atoms with E-state index < -0.39 is 0 Å². The predicted molar refractivity (Wildman–Crippen MR) is 57.7 cm³/mol. The van der Waals surface area contributed by atoms with Gasteiger partial charge >= 0.3 is 0 Å². The molecular weight excluding hydrogens is 160 g/mol. The highest BCUT2D eigenvalue weighted by atomic mass is 16.1. The van der Waals surface area contributed by atoms with Crippen molar-refractivity contribution in [2.75, 3.05) is 0 Å². The summed E-state index contributed by atoms with van der Waals surface area (Å²) < 4.78 is 0. The van der Waals surface area contributed by atoms with E-state index in [0.717, 1.165) is 12.8 Å². The lowest BCUT2D eigenvalue weighted by Gasteiger charge is -2.12. The van der Waals surface area contributed by atoms with E-state index >= 15 is 0 Å². The van der Waals surface area contributed by atoms with Gasteiger partial charge in [-0.25, -0.2) is 0 Å². The molecule has 1 heteroatoms. The molecule has 0 aromatic heterocycles. The van der Waals surface area contributed by atoms with Crippen molar-refractivity contribution >= 4 is 5.78 Å². The number of allylic oxidation sites excluding steroid dienone is 1. The van der Waals surface area contributed by atoms with Crippen molar-refractivity contribution < 1.29 is 4.79 Å². The van der Waals surface area contributed by atoms with Crippen molar-refractivity contribution in [3.63, 3.8) is 0 Å². The Labute approximate surface area is 82.2 Å². The van der Waals surface area contributed by atoms with Gasteiger partial charge in [-0.05, 0) is 25.7 Å². The fraction of sp³-hybridized carbons (Fsp3) is 0.750. The molecule has 0 aliphatic rings. The number of rotatable bonds is 8. The van der Waals surface area contributed by atoms with E-state index in [4.69, 9.17) is 0 Å². The minimum absolute atomic E-state index is 0.309. The van der Waals surface area contributed by atoms with Crippen LogP contribution in [0.5, 0.6) is 0 Å². The van der Waals surface area contributed by atoms with Gasteiger partial charge in [-0.3, -0.25) is 0 Å². The van der Waals surface area contributed by atoms with E-state index in [-0.39, 0.29) is 0 Å². The molecule has 0 aliphatic heterocycles. The topological polar surface area (TPSA) is 17.1 Å². The van der Waals surface area contributed by atoms with Gasteiger partial charge in [0.15, 0.2) is 0 Å². The molecule has 0 spiro atoms. The SMILES string of the molecule is C=CCC(CCCCC)CC(C)=O. The highest BCUT2D eigenvalue weighted by molar-refractivity contribution is 5.75. The molecule has 0 aromatic carbocycles. The summed E-state index contributed by atoms with van der Waals surface area (Å²) in [5.74, 6) is 0.852. The lowest BCUT2D eigenvalue weighted by atomic mass is 9.93. The Morgan fingerprint density at radius 1 is 1.46 bits per heavy atom. The summed E-state index contributed by atoms with van der Waals surface area (Å²) in [5.41, 5.74) is 0. The molecule has 0 amide bonds. The van der Waals surface area contributed by atoms with Crippen LogP contribution in [0.25, 0.3) is 0 Å². The van der Waals surface area contributed by atoms with Crippen molar-refractivity contribution in [2.45, 2.75) is 52.4 Å². The van der Waals surface area contributed by atoms with E-state index in [2.05, 4.69) is 13.5 Å². The van der Waals surface area contributed by atoms with E-state index in [1.165, 1.54) is 25.7 Å². The Bertz CT molecular complexity index is 149. The van der Waals surface area contributed by atoms with E-state index in [1.54, 1.807) is 6.92 Å². The summed E-state index contributed by atoms with van der Waals surface area (Å²) >= 11 is 0. The van der Waals surface area contributed by atoms with Gasteiger partial charge in [-0.2, -0.15) is 0 Å². The van der Waals surface area contributed by atoms with E-state index in [0.29, 0.717) is 11.7 Å². The molecule has 0 N–H and O–H groups in total. The second-order valence-electron chi connectivity index (χ2n) is 3.79. The highest BCUT2D eigenvalue weighted by Crippen LogP contribution is 2.18. The molecular formula is C12H22O. The van der Waals surface area contributed by atoms with Crippen molar-refractivity contribution in [1.29, 1.82) is 0 Å². The molecule has 0 heterocycles. The third-order valence-electron chi connectivity index (χ3n) is 2.29. The molecule has 0 aliphatic carbocycles. The molecule has 0 fully saturated rings. The van der Waals surface area contributed by atoms with E-state index in [1.807, 2.05) is 6.08 Å². The average Bonchev–Trinajstić information content (AvgIpc) is 2.04. The van der Waals surface area contributed by atoms with Crippen LogP contribution in [-0.2, 0) is 4.79 Å². The molecule has 0 radical (unpaired) electrons. The third-order valence-corrected chi connectivity index (χ3v) is 2.29. The maximum atomic E-state index is 10.9. The van der Waals surface area contributed by atoms with Gasteiger partial charge < -0.3 is 4.79 Å². The summed E-state index contributed by atoms with van der Waals surface area (Å²) in [4.78, 5) is 10.9. The molecule has 1 atom stereocenters. The zero-order valence-electron chi connectivity index (χ0n) is 9.01. The van der Waals surface area contributed by atoms with Crippen LogP contribution in [0.3, 0.4) is 0 Å². The van der Waals surface area contributed by atoms with E-state index in [9.17, 15) is 4.79 Å². The number of carbonyl (C=O) groups is 1. The molecule has 0 saturated heterocycles. The van der Waals surface area contributed by atoms with Gasteiger partial charge in [0, 0.05) is 6.42 Å². The first-order chi connectivity index (χ1) is 6.20. The zero-order chi connectivity index (χ0) is 10.1. The second-order valence-corrected chi connectivity index (χ2v) is 3.79. The minimum atomic E-state index is 0.309. The standard InChI is InChI=1S/C12H22O/c1-4-6-7-9-12(8-5-2)10-11(3)13/h5,12H,2,4,6-10H2,1,3H3. The van der Waals surface area contributed by atoms with Crippen molar-refractivity contribution in [2.24, 2.45) is 5.92 Å². The first-order valence-electron chi connectivity index (χ1n) is 5.31. The van der Waals surface area contributed by atoms with Gasteiger partial charge in [0.05, 0.1) is 0 Å².